The van der Waals surface area contributed by atoms with Gasteiger partial charge in [-0.15, -0.1) is 0 Å². The minimum absolute atomic E-state index is 0.429. The van der Waals surface area contributed by atoms with E-state index in [0.717, 1.165) is 5.75 Å². The molecule has 1 heterocycles. The van der Waals surface area contributed by atoms with Gasteiger partial charge in [0.1, 0.15) is 5.75 Å². The van der Waals surface area contributed by atoms with Crippen molar-refractivity contribution in [2.75, 3.05) is 26.2 Å². The summed E-state index contributed by atoms with van der Waals surface area (Å²) in [4.78, 5) is 2.54. The van der Waals surface area contributed by atoms with E-state index in [9.17, 15) is 0 Å². The van der Waals surface area contributed by atoms with Crippen LogP contribution in [0.15, 0.2) is 24.3 Å². The SMILES string of the molecule is CC(C)N1CCC(C(CN)COc2cccc(Cl)c2)CC1. The lowest BCUT2D eigenvalue weighted by Gasteiger charge is -2.37. The van der Waals surface area contributed by atoms with E-state index in [1.54, 1.807) is 0 Å². The van der Waals surface area contributed by atoms with Gasteiger partial charge in [-0.3, -0.25) is 0 Å². The van der Waals surface area contributed by atoms with Crippen LogP contribution in [0, 0.1) is 11.8 Å². The molecular formula is C17H27ClN2O. The fraction of sp³-hybridized carbons (Fsp3) is 0.647. The van der Waals surface area contributed by atoms with Gasteiger partial charge in [-0.05, 0) is 70.4 Å². The summed E-state index contributed by atoms with van der Waals surface area (Å²) in [6.07, 6.45) is 2.44. The molecule has 118 valence electrons. The van der Waals surface area contributed by atoms with E-state index in [-0.39, 0.29) is 0 Å². The van der Waals surface area contributed by atoms with E-state index in [2.05, 4.69) is 18.7 Å². The van der Waals surface area contributed by atoms with E-state index >= 15 is 0 Å². The number of likely N-dealkylation sites (tertiary alicyclic amines) is 1. The highest BCUT2D eigenvalue weighted by Gasteiger charge is 2.27. The van der Waals surface area contributed by atoms with E-state index in [0.29, 0.717) is 36.1 Å². The Bertz CT molecular complexity index is 431. The van der Waals surface area contributed by atoms with Crippen LogP contribution in [0.4, 0.5) is 0 Å². The van der Waals surface area contributed by atoms with Crippen molar-refractivity contribution < 1.29 is 4.74 Å². The van der Waals surface area contributed by atoms with Crippen LogP contribution in [0.2, 0.25) is 5.02 Å². The number of rotatable bonds is 6. The average Bonchev–Trinajstić information content (AvgIpc) is 2.48. The van der Waals surface area contributed by atoms with Gasteiger partial charge >= 0.3 is 0 Å². The molecule has 4 heteroatoms. The first-order valence-electron chi connectivity index (χ1n) is 7.92. The fourth-order valence-corrected chi connectivity index (χ4v) is 3.24. The van der Waals surface area contributed by atoms with Gasteiger partial charge in [0.05, 0.1) is 6.61 Å². The number of benzene rings is 1. The molecule has 0 bridgehead atoms. The molecular weight excluding hydrogens is 284 g/mol. The molecule has 1 saturated heterocycles. The number of hydrogen-bond acceptors (Lipinski definition) is 3. The third-order valence-electron chi connectivity index (χ3n) is 4.53. The van der Waals surface area contributed by atoms with Gasteiger partial charge in [-0.1, -0.05) is 17.7 Å². The Morgan fingerprint density at radius 1 is 1.33 bits per heavy atom. The standard InChI is InChI=1S/C17H27ClN2O/c1-13(2)20-8-6-14(7-9-20)15(11-19)12-21-17-5-3-4-16(18)10-17/h3-5,10,13-15H,6-9,11-12,19H2,1-2H3. The number of ether oxygens (including phenoxy) is 1. The minimum atomic E-state index is 0.429. The van der Waals surface area contributed by atoms with Crippen molar-refractivity contribution in [3.8, 4) is 5.75 Å². The average molecular weight is 311 g/mol. The van der Waals surface area contributed by atoms with Crippen LogP contribution >= 0.6 is 11.6 Å². The molecule has 2 N–H and O–H groups in total. The van der Waals surface area contributed by atoms with Crippen molar-refractivity contribution in [2.24, 2.45) is 17.6 Å². The van der Waals surface area contributed by atoms with Gasteiger partial charge in [-0.25, -0.2) is 0 Å². The molecule has 0 aromatic heterocycles. The molecule has 1 aromatic carbocycles. The van der Waals surface area contributed by atoms with Crippen molar-refractivity contribution >= 4 is 11.6 Å². The zero-order valence-corrected chi connectivity index (χ0v) is 13.9. The van der Waals surface area contributed by atoms with Crippen LogP contribution in [0.1, 0.15) is 26.7 Å². The zero-order chi connectivity index (χ0) is 15.2. The third kappa shape index (κ3) is 4.87. The second-order valence-corrected chi connectivity index (χ2v) is 6.67. The lowest BCUT2D eigenvalue weighted by atomic mass is 9.84. The monoisotopic (exact) mass is 310 g/mol. The number of halogens is 1. The summed E-state index contributed by atoms with van der Waals surface area (Å²) >= 11 is 5.98. The Morgan fingerprint density at radius 2 is 2.05 bits per heavy atom. The maximum Gasteiger partial charge on any atom is 0.120 e. The Kier molecular flexibility index (Phi) is 6.34. The molecule has 21 heavy (non-hydrogen) atoms. The van der Waals surface area contributed by atoms with E-state index in [1.807, 2.05) is 24.3 Å². The highest BCUT2D eigenvalue weighted by molar-refractivity contribution is 6.30. The molecule has 2 rings (SSSR count). The number of hydrogen-bond donors (Lipinski definition) is 1. The highest BCUT2D eigenvalue weighted by atomic mass is 35.5. The van der Waals surface area contributed by atoms with Crippen molar-refractivity contribution in [1.82, 2.24) is 4.90 Å². The number of piperidine rings is 1. The molecule has 1 aliphatic heterocycles. The Labute approximate surface area is 133 Å². The molecule has 1 aliphatic rings. The summed E-state index contributed by atoms with van der Waals surface area (Å²) in [6.45, 7) is 8.26. The Morgan fingerprint density at radius 3 is 2.62 bits per heavy atom. The predicted molar refractivity (Wildman–Crippen MR) is 88.9 cm³/mol. The molecule has 0 radical (unpaired) electrons. The molecule has 0 spiro atoms. The molecule has 3 nitrogen and oxygen atoms in total. The fourth-order valence-electron chi connectivity index (χ4n) is 3.06. The zero-order valence-electron chi connectivity index (χ0n) is 13.1. The summed E-state index contributed by atoms with van der Waals surface area (Å²) in [5.41, 5.74) is 5.97. The second kappa shape index (κ2) is 8.02. The van der Waals surface area contributed by atoms with E-state index in [1.165, 1.54) is 25.9 Å². The summed E-state index contributed by atoms with van der Waals surface area (Å²) in [5.74, 6) is 1.93. The molecule has 0 aliphatic carbocycles. The van der Waals surface area contributed by atoms with E-state index < -0.39 is 0 Å². The van der Waals surface area contributed by atoms with Crippen LogP contribution in [0.5, 0.6) is 5.75 Å². The predicted octanol–water partition coefficient (Wildman–Crippen LogP) is 3.41. The summed E-state index contributed by atoms with van der Waals surface area (Å²) < 4.78 is 5.89. The van der Waals surface area contributed by atoms with Crippen molar-refractivity contribution in [3.63, 3.8) is 0 Å². The Hall–Kier alpha value is -0.770. The van der Waals surface area contributed by atoms with Gasteiger partial charge in [0.15, 0.2) is 0 Å². The molecule has 1 atom stereocenters. The smallest absolute Gasteiger partial charge is 0.120 e. The van der Waals surface area contributed by atoms with Gasteiger partial charge in [0.25, 0.3) is 0 Å². The first-order chi connectivity index (χ1) is 10.1. The lowest BCUT2D eigenvalue weighted by Crippen LogP contribution is -2.42. The second-order valence-electron chi connectivity index (χ2n) is 6.23. The van der Waals surface area contributed by atoms with Crippen LogP contribution in [-0.4, -0.2) is 37.2 Å². The highest BCUT2D eigenvalue weighted by Crippen LogP contribution is 2.27. The first kappa shape index (κ1) is 16.6. The lowest BCUT2D eigenvalue weighted by molar-refractivity contribution is 0.101. The van der Waals surface area contributed by atoms with Gasteiger partial charge in [0.2, 0.25) is 0 Å². The van der Waals surface area contributed by atoms with Crippen LogP contribution in [0.25, 0.3) is 0 Å². The molecule has 1 unspecified atom stereocenters. The maximum atomic E-state index is 5.98. The normalized spacial score (nSPS) is 18.9. The summed E-state index contributed by atoms with van der Waals surface area (Å²) in [5, 5.41) is 0.710. The Balaban J connectivity index is 1.83. The van der Waals surface area contributed by atoms with Crippen molar-refractivity contribution in [3.05, 3.63) is 29.3 Å². The van der Waals surface area contributed by atoms with Crippen molar-refractivity contribution in [1.29, 1.82) is 0 Å². The number of nitrogens with zero attached hydrogens (tertiary/aromatic N) is 1. The topological polar surface area (TPSA) is 38.5 Å². The van der Waals surface area contributed by atoms with Crippen LogP contribution < -0.4 is 10.5 Å². The van der Waals surface area contributed by atoms with Crippen LogP contribution in [0.3, 0.4) is 0 Å². The molecule has 0 amide bonds. The summed E-state index contributed by atoms with van der Waals surface area (Å²) in [7, 11) is 0. The summed E-state index contributed by atoms with van der Waals surface area (Å²) in [6, 6.07) is 8.22. The van der Waals surface area contributed by atoms with Gasteiger partial charge in [0, 0.05) is 17.0 Å². The third-order valence-corrected chi connectivity index (χ3v) is 4.77. The quantitative estimate of drug-likeness (QED) is 0.875. The molecule has 0 saturated carbocycles. The van der Waals surface area contributed by atoms with Crippen LogP contribution in [-0.2, 0) is 0 Å². The largest absolute Gasteiger partial charge is 0.493 e. The first-order valence-corrected chi connectivity index (χ1v) is 8.30. The number of nitrogens with two attached hydrogens (primary N) is 1. The van der Waals surface area contributed by atoms with Crippen molar-refractivity contribution in [2.45, 2.75) is 32.7 Å². The molecule has 1 fully saturated rings. The molecule has 1 aromatic rings. The maximum absolute atomic E-state index is 5.98. The van der Waals surface area contributed by atoms with E-state index in [4.69, 9.17) is 22.1 Å². The minimum Gasteiger partial charge on any atom is -0.493 e. The van der Waals surface area contributed by atoms with Gasteiger partial charge < -0.3 is 15.4 Å². The van der Waals surface area contributed by atoms with Gasteiger partial charge in [-0.2, -0.15) is 0 Å².